The second-order valence-electron chi connectivity index (χ2n) is 2.90. The van der Waals surface area contributed by atoms with Crippen LogP contribution in [0.4, 0.5) is 5.69 Å². The Bertz CT molecular complexity index is 219. The summed E-state index contributed by atoms with van der Waals surface area (Å²) in [6.45, 7) is 2.42. The molecule has 3 heteroatoms. The molecule has 0 aliphatic carbocycles. The largest absolute Gasteiger partial charge is 0.371 e. The van der Waals surface area contributed by atoms with Crippen LogP contribution in [0, 0.1) is 0 Å². The first-order valence-electron chi connectivity index (χ1n) is 4.12. The van der Waals surface area contributed by atoms with Gasteiger partial charge in [-0.2, -0.15) is 0 Å². The van der Waals surface area contributed by atoms with Gasteiger partial charge in [0, 0.05) is 31.2 Å². The highest BCUT2D eigenvalue weighted by molar-refractivity contribution is 5.85. The van der Waals surface area contributed by atoms with Crippen molar-refractivity contribution in [3.05, 3.63) is 24.5 Å². The lowest BCUT2D eigenvalue weighted by Crippen LogP contribution is -2.17. The van der Waals surface area contributed by atoms with Crippen LogP contribution in [0.25, 0.3) is 0 Å². The minimum Gasteiger partial charge on any atom is -0.371 e. The quantitative estimate of drug-likeness (QED) is 0.665. The van der Waals surface area contributed by atoms with E-state index in [0.717, 1.165) is 0 Å². The minimum atomic E-state index is 0. The van der Waals surface area contributed by atoms with E-state index in [0.29, 0.717) is 0 Å². The number of aromatic nitrogens is 1. The maximum Gasteiger partial charge on any atom is 0.0397 e. The van der Waals surface area contributed by atoms with Gasteiger partial charge in [-0.15, -0.1) is 12.4 Å². The molecule has 0 aromatic carbocycles. The molecule has 2 rings (SSSR count). The molecule has 0 spiro atoms. The summed E-state index contributed by atoms with van der Waals surface area (Å²) in [6, 6.07) is 4.15. The standard InChI is InChI=1S/C9H12N2.ClH/c1-2-8-11(7-1)9-3-5-10-6-4-9;/h3-6H,1-2,7-8H2;1H. The van der Waals surface area contributed by atoms with Gasteiger partial charge in [0.25, 0.3) is 0 Å². The first-order chi connectivity index (χ1) is 5.47. The Morgan fingerprint density at radius 3 is 2.25 bits per heavy atom. The molecule has 0 atom stereocenters. The number of hydrogen-bond acceptors (Lipinski definition) is 2. The molecular formula is C9H13ClN2. The molecule has 1 aromatic heterocycles. The Balaban J connectivity index is 0.000000720. The Hall–Kier alpha value is -0.760. The topological polar surface area (TPSA) is 16.1 Å². The molecule has 1 saturated heterocycles. The second-order valence-corrected chi connectivity index (χ2v) is 2.90. The first kappa shape index (κ1) is 9.33. The summed E-state index contributed by atoms with van der Waals surface area (Å²) in [4.78, 5) is 6.39. The Labute approximate surface area is 79.0 Å². The van der Waals surface area contributed by atoms with Crippen LogP contribution >= 0.6 is 12.4 Å². The molecule has 0 bridgehead atoms. The van der Waals surface area contributed by atoms with E-state index in [-0.39, 0.29) is 12.4 Å². The molecule has 1 aliphatic heterocycles. The van der Waals surface area contributed by atoms with Gasteiger partial charge in [-0.3, -0.25) is 4.98 Å². The average Bonchev–Trinajstić information content (AvgIpc) is 2.58. The Morgan fingerprint density at radius 2 is 1.67 bits per heavy atom. The van der Waals surface area contributed by atoms with Gasteiger partial charge in [0.05, 0.1) is 0 Å². The predicted octanol–water partition coefficient (Wildman–Crippen LogP) is 2.10. The molecule has 66 valence electrons. The number of rotatable bonds is 1. The molecule has 1 aliphatic rings. The molecule has 1 fully saturated rings. The van der Waals surface area contributed by atoms with Crippen LogP contribution in [0.2, 0.25) is 0 Å². The third kappa shape index (κ3) is 1.89. The third-order valence-corrected chi connectivity index (χ3v) is 2.13. The van der Waals surface area contributed by atoms with Gasteiger partial charge >= 0.3 is 0 Å². The summed E-state index contributed by atoms with van der Waals surface area (Å²) < 4.78 is 0. The van der Waals surface area contributed by atoms with Crippen molar-refractivity contribution in [2.45, 2.75) is 12.8 Å². The molecule has 2 heterocycles. The summed E-state index contributed by atoms with van der Waals surface area (Å²) in [6.07, 6.45) is 6.38. The monoisotopic (exact) mass is 184 g/mol. The summed E-state index contributed by atoms with van der Waals surface area (Å²) >= 11 is 0. The number of pyridine rings is 1. The van der Waals surface area contributed by atoms with Crippen LogP contribution in [0.15, 0.2) is 24.5 Å². The highest BCUT2D eigenvalue weighted by Gasteiger charge is 2.10. The van der Waals surface area contributed by atoms with E-state index < -0.39 is 0 Å². The number of nitrogens with zero attached hydrogens (tertiary/aromatic N) is 2. The average molecular weight is 185 g/mol. The lowest BCUT2D eigenvalue weighted by molar-refractivity contribution is 0.949. The SMILES string of the molecule is Cl.c1cc(N2CCCC2)ccn1. The maximum absolute atomic E-state index is 3.99. The fourth-order valence-corrected chi connectivity index (χ4v) is 1.53. The molecule has 0 saturated carbocycles. The number of hydrogen-bond donors (Lipinski definition) is 0. The van der Waals surface area contributed by atoms with Crippen LogP contribution < -0.4 is 4.90 Å². The lowest BCUT2D eigenvalue weighted by atomic mass is 10.4. The molecular weight excluding hydrogens is 172 g/mol. The van der Waals surface area contributed by atoms with Crippen molar-refractivity contribution in [1.82, 2.24) is 4.98 Å². The maximum atomic E-state index is 3.99. The van der Waals surface area contributed by atoms with Gasteiger partial charge in [0.1, 0.15) is 0 Å². The van der Waals surface area contributed by atoms with Gasteiger partial charge in [-0.1, -0.05) is 0 Å². The number of halogens is 1. The number of anilines is 1. The zero-order valence-corrected chi connectivity index (χ0v) is 7.76. The van der Waals surface area contributed by atoms with Gasteiger partial charge in [0.2, 0.25) is 0 Å². The third-order valence-electron chi connectivity index (χ3n) is 2.13. The zero-order valence-electron chi connectivity index (χ0n) is 6.94. The molecule has 12 heavy (non-hydrogen) atoms. The van der Waals surface area contributed by atoms with E-state index in [1.807, 2.05) is 12.4 Å². The van der Waals surface area contributed by atoms with Crippen molar-refractivity contribution in [1.29, 1.82) is 0 Å². The van der Waals surface area contributed by atoms with Gasteiger partial charge in [0.15, 0.2) is 0 Å². The fourth-order valence-electron chi connectivity index (χ4n) is 1.53. The highest BCUT2D eigenvalue weighted by atomic mass is 35.5. The van der Waals surface area contributed by atoms with E-state index >= 15 is 0 Å². The fraction of sp³-hybridized carbons (Fsp3) is 0.444. The summed E-state index contributed by atoms with van der Waals surface area (Å²) in [5, 5.41) is 0. The van der Waals surface area contributed by atoms with Crippen molar-refractivity contribution in [2.75, 3.05) is 18.0 Å². The minimum absolute atomic E-state index is 0. The normalized spacial score (nSPS) is 15.8. The Morgan fingerprint density at radius 1 is 1.08 bits per heavy atom. The summed E-state index contributed by atoms with van der Waals surface area (Å²) in [5.74, 6) is 0. The van der Waals surface area contributed by atoms with E-state index in [4.69, 9.17) is 0 Å². The van der Waals surface area contributed by atoms with Crippen molar-refractivity contribution < 1.29 is 0 Å². The molecule has 0 radical (unpaired) electrons. The first-order valence-corrected chi connectivity index (χ1v) is 4.12. The van der Waals surface area contributed by atoms with Gasteiger partial charge in [-0.25, -0.2) is 0 Å². The smallest absolute Gasteiger partial charge is 0.0397 e. The molecule has 0 amide bonds. The zero-order chi connectivity index (χ0) is 7.52. The van der Waals surface area contributed by atoms with Crippen LogP contribution in [0.3, 0.4) is 0 Å². The van der Waals surface area contributed by atoms with Crippen molar-refractivity contribution in [3.8, 4) is 0 Å². The van der Waals surface area contributed by atoms with E-state index in [1.54, 1.807) is 0 Å². The lowest BCUT2D eigenvalue weighted by Gasteiger charge is -2.16. The molecule has 0 unspecified atom stereocenters. The molecule has 2 nitrogen and oxygen atoms in total. The van der Waals surface area contributed by atoms with Crippen LogP contribution in [0.5, 0.6) is 0 Å². The second kappa shape index (κ2) is 4.31. The van der Waals surface area contributed by atoms with Crippen molar-refractivity contribution in [3.63, 3.8) is 0 Å². The summed E-state index contributed by atoms with van der Waals surface area (Å²) in [7, 11) is 0. The van der Waals surface area contributed by atoms with Crippen LogP contribution in [-0.2, 0) is 0 Å². The van der Waals surface area contributed by atoms with Crippen molar-refractivity contribution >= 4 is 18.1 Å². The van der Waals surface area contributed by atoms with Crippen LogP contribution in [0.1, 0.15) is 12.8 Å². The van der Waals surface area contributed by atoms with E-state index in [1.165, 1.54) is 31.6 Å². The molecule has 0 N–H and O–H groups in total. The Kier molecular flexibility index (Phi) is 3.35. The molecule has 1 aromatic rings. The van der Waals surface area contributed by atoms with Crippen LogP contribution in [-0.4, -0.2) is 18.1 Å². The highest BCUT2D eigenvalue weighted by Crippen LogP contribution is 2.17. The summed E-state index contributed by atoms with van der Waals surface area (Å²) in [5.41, 5.74) is 1.32. The predicted molar refractivity (Wildman–Crippen MR) is 52.9 cm³/mol. The van der Waals surface area contributed by atoms with Gasteiger partial charge in [-0.05, 0) is 25.0 Å². The van der Waals surface area contributed by atoms with E-state index in [2.05, 4.69) is 22.0 Å². The van der Waals surface area contributed by atoms with Gasteiger partial charge < -0.3 is 4.90 Å². The van der Waals surface area contributed by atoms with Crippen molar-refractivity contribution in [2.24, 2.45) is 0 Å². The van der Waals surface area contributed by atoms with E-state index in [9.17, 15) is 0 Å².